The lowest BCUT2D eigenvalue weighted by atomic mass is 9.80. The fourth-order valence-corrected chi connectivity index (χ4v) is 8.35. The van der Waals surface area contributed by atoms with Crippen molar-refractivity contribution in [2.45, 2.75) is 41.2 Å². The minimum atomic E-state index is -6.35. The predicted octanol–water partition coefficient (Wildman–Crippen LogP) is 4.34. The van der Waals surface area contributed by atoms with E-state index < -0.39 is 72.3 Å². The Balaban J connectivity index is 1.72. The third-order valence-corrected chi connectivity index (χ3v) is 11.1. The van der Waals surface area contributed by atoms with Gasteiger partial charge in [0.2, 0.25) is 15.9 Å². The van der Waals surface area contributed by atoms with Crippen LogP contribution < -0.4 is 0 Å². The van der Waals surface area contributed by atoms with Gasteiger partial charge < -0.3 is 4.90 Å². The molecule has 0 saturated carbocycles. The number of carbonyl (C=O) groups is 1. The van der Waals surface area contributed by atoms with Gasteiger partial charge in [0.1, 0.15) is 5.82 Å². The minimum Gasteiger partial charge on any atom is -0.341 e. The molecule has 0 aromatic heterocycles. The van der Waals surface area contributed by atoms with Gasteiger partial charge in [-0.2, -0.15) is 26.3 Å². The van der Waals surface area contributed by atoms with Crippen LogP contribution in [0, 0.1) is 11.7 Å². The van der Waals surface area contributed by atoms with E-state index in [1.165, 1.54) is 4.90 Å². The molecule has 1 amide bonds. The Bertz CT molecular complexity index is 1560. The first-order valence-corrected chi connectivity index (χ1v) is 16.3. The van der Waals surface area contributed by atoms with E-state index in [0.29, 0.717) is 0 Å². The molecule has 2 heterocycles. The lowest BCUT2D eigenvalue weighted by Crippen LogP contribution is -2.50. The molecule has 4 rings (SSSR count). The highest BCUT2D eigenvalue weighted by Crippen LogP contribution is 2.53. The number of amides is 1. The van der Waals surface area contributed by atoms with E-state index in [9.17, 15) is 56.8 Å². The van der Waals surface area contributed by atoms with Gasteiger partial charge in [-0.05, 0) is 42.7 Å². The van der Waals surface area contributed by atoms with Crippen LogP contribution in [-0.2, 0) is 35.7 Å². The molecular weight excluding hydrogens is 636 g/mol. The molecule has 0 bridgehead atoms. The third kappa shape index (κ3) is 6.25. The standard InChI is InChI=1S/C26H26F8N2O5S2/c1-42(38,39)36-12-10-17(14-36)22(37)35-13-11-23(15-35,16-43(40,41)21-8-6-20(27)7-9-21)18-2-4-19(5-3-18)24(28,25(29,30)31)26(32,33)34/h2-9,17H,10-16H2,1H3/t17?,23-/m1/s1. The molecule has 2 saturated heterocycles. The van der Waals surface area contributed by atoms with E-state index in [4.69, 9.17) is 0 Å². The number of hydrogen-bond acceptors (Lipinski definition) is 5. The number of carbonyl (C=O) groups excluding carboxylic acids is 1. The first-order chi connectivity index (χ1) is 19.6. The molecule has 7 nitrogen and oxygen atoms in total. The Morgan fingerprint density at radius 2 is 1.44 bits per heavy atom. The molecule has 238 valence electrons. The van der Waals surface area contributed by atoms with Gasteiger partial charge in [-0.25, -0.2) is 29.9 Å². The molecule has 0 N–H and O–H groups in total. The number of sulfonamides is 1. The minimum absolute atomic E-state index is 0.0619. The average Bonchev–Trinajstić information content (AvgIpc) is 3.55. The van der Waals surface area contributed by atoms with Crippen LogP contribution in [0.4, 0.5) is 35.1 Å². The number of nitrogens with zero attached hydrogens (tertiary/aromatic N) is 2. The Morgan fingerprint density at radius 1 is 0.884 bits per heavy atom. The van der Waals surface area contributed by atoms with E-state index in [-0.39, 0.29) is 61.6 Å². The van der Waals surface area contributed by atoms with Crippen molar-refractivity contribution < 1.29 is 56.8 Å². The normalized spacial score (nSPS) is 22.7. The summed E-state index contributed by atoms with van der Waals surface area (Å²) < 4.78 is 160. The van der Waals surface area contributed by atoms with Crippen LogP contribution in [-0.4, -0.2) is 82.5 Å². The molecule has 2 aliphatic heterocycles. The Kier molecular flexibility index (Phi) is 8.45. The monoisotopic (exact) mass is 662 g/mol. The number of alkyl halides is 7. The van der Waals surface area contributed by atoms with E-state index >= 15 is 0 Å². The average molecular weight is 663 g/mol. The number of rotatable bonds is 7. The van der Waals surface area contributed by atoms with Crippen molar-refractivity contribution in [1.29, 1.82) is 0 Å². The zero-order chi connectivity index (χ0) is 32.2. The number of likely N-dealkylation sites (tertiary alicyclic amines) is 1. The van der Waals surface area contributed by atoms with Crippen LogP contribution in [0.2, 0.25) is 0 Å². The predicted molar refractivity (Wildman–Crippen MR) is 137 cm³/mol. The summed E-state index contributed by atoms with van der Waals surface area (Å²) in [4.78, 5) is 14.3. The van der Waals surface area contributed by atoms with E-state index in [1.807, 2.05) is 0 Å². The molecule has 2 aromatic rings. The van der Waals surface area contributed by atoms with Gasteiger partial charge in [-0.1, -0.05) is 24.3 Å². The molecule has 0 radical (unpaired) electrons. The lowest BCUT2D eigenvalue weighted by molar-refractivity contribution is -0.348. The van der Waals surface area contributed by atoms with Gasteiger partial charge in [0.05, 0.1) is 22.8 Å². The van der Waals surface area contributed by atoms with Gasteiger partial charge in [0.25, 0.3) is 0 Å². The van der Waals surface area contributed by atoms with Gasteiger partial charge >= 0.3 is 18.0 Å². The number of halogens is 8. The van der Waals surface area contributed by atoms with Crippen LogP contribution in [0.15, 0.2) is 53.4 Å². The highest BCUT2D eigenvalue weighted by molar-refractivity contribution is 7.91. The van der Waals surface area contributed by atoms with Crippen molar-refractivity contribution >= 4 is 25.8 Å². The highest BCUT2D eigenvalue weighted by atomic mass is 32.2. The van der Waals surface area contributed by atoms with Crippen molar-refractivity contribution in [3.05, 3.63) is 65.5 Å². The summed E-state index contributed by atoms with van der Waals surface area (Å²) >= 11 is 0. The summed E-state index contributed by atoms with van der Waals surface area (Å²) in [6.07, 6.45) is -11.6. The molecular formula is C26H26F8N2O5S2. The van der Waals surface area contributed by atoms with Gasteiger partial charge in [-0.3, -0.25) is 4.79 Å². The fourth-order valence-electron chi connectivity index (χ4n) is 5.62. The molecule has 43 heavy (non-hydrogen) atoms. The maximum atomic E-state index is 14.6. The molecule has 2 fully saturated rings. The van der Waals surface area contributed by atoms with Crippen LogP contribution in [0.1, 0.15) is 24.0 Å². The summed E-state index contributed by atoms with van der Waals surface area (Å²) in [7, 11) is -7.86. The second-order valence-corrected chi connectivity index (χ2v) is 14.8. The van der Waals surface area contributed by atoms with E-state index in [2.05, 4.69) is 0 Å². The van der Waals surface area contributed by atoms with Crippen molar-refractivity contribution in [3.8, 4) is 0 Å². The van der Waals surface area contributed by atoms with E-state index in [1.54, 1.807) is 0 Å². The van der Waals surface area contributed by atoms with Crippen LogP contribution in [0.5, 0.6) is 0 Å². The molecule has 0 spiro atoms. The molecule has 2 aliphatic rings. The van der Waals surface area contributed by atoms with Gasteiger partial charge in [0.15, 0.2) is 9.84 Å². The molecule has 2 aromatic carbocycles. The van der Waals surface area contributed by atoms with Crippen LogP contribution in [0.3, 0.4) is 0 Å². The topological polar surface area (TPSA) is 91.8 Å². The summed E-state index contributed by atoms with van der Waals surface area (Å²) in [5.74, 6) is -2.76. The maximum Gasteiger partial charge on any atom is 0.435 e. The van der Waals surface area contributed by atoms with Crippen molar-refractivity contribution in [1.82, 2.24) is 9.21 Å². The van der Waals surface area contributed by atoms with Gasteiger partial charge in [0, 0.05) is 37.2 Å². The second kappa shape index (κ2) is 11.0. The highest BCUT2D eigenvalue weighted by Gasteiger charge is 2.73. The Hall–Kier alpha value is -2.79. The largest absolute Gasteiger partial charge is 0.435 e. The third-order valence-electron chi connectivity index (χ3n) is 7.95. The van der Waals surface area contributed by atoms with Crippen molar-refractivity contribution in [2.24, 2.45) is 5.92 Å². The van der Waals surface area contributed by atoms with Crippen LogP contribution in [0.25, 0.3) is 0 Å². The fraction of sp³-hybridized carbons (Fsp3) is 0.500. The molecule has 2 atom stereocenters. The van der Waals surface area contributed by atoms with Crippen LogP contribution >= 0.6 is 0 Å². The van der Waals surface area contributed by atoms with E-state index in [0.717, 1.165) is 47.0 Å². The molecule has 0 aliphatic carbocycles. The Labute approximate surface area is 242 Å². The van der Waals surface area contributed by atoms with Gasteiger partial charge in [-0.15, -0.1) is 0 Å². The zero-order valence-electron chi connectivity index (χ0n) is 22.4. The smallest absolute Gasteiger partial charge is 0.341 e. The second-order valence-electron chi connectivity index (χ2n) is 10.8. The quantitative estimate of drug-likeness (QED) is 0.325. The SMILES string of the molecule is CS(=O)(=O)N1CCC(C(=O)N2CC[C@@](CS(=O)(=O)c3ccc(F)cc3)(c3ccc(C(F)(C(F)(F)F)C(F)(F)F)cc3)C2)C1. The number of hydrogen-bond donors (Lipinski definition) is 0. The summed E-state index contributed by atoms with van der Waals surface area (Å²) in [6.45, 7) is -0.428. The first-order valence-electron chi connectivity index (χ1n) is 12.8. The summed E-state index contributed by atoms with van der Waals surface area (Å²) in [6, 6.07) is 5.88. The molecule has 1 unspecified atom stereocenters. The summed E-state index contributed by atoms with van der Waals surface area (Å²) in [5.41, 5.74) is -9.08. The first kappa shape index (κ1) is 33.1. The maximum absolute atomic E-state index is 14.6. The zero-order valence-corrected chi connectivity index (χ0v) is 24.1. The Morgan fingerprint density at radius 3 is 1.93 bits per heavy atom. The summed E-state index contributed by atoms with van der Waals surface area (Å²) in [5, 5.41) is 0. The van der Waals surface area contributed by atoms with Crippen molar-refractivity contribution in [3.63, 3.8) is 0 Å². The number of benzene rings is 2. The molecule has 17 heteroatoms. The number of sulfone groups is 1. The van der Waals surface area contributed by atoms with Crippen molar-refractivity contribution in [2.75, 3.05) is 38.2 Å². The lowest BCUT2D eigenvalue weighted by Gasteiger charge is -2.33.